The minimum atomic E-state index is -3.98. The summed E-state index contributed by atoms with van der Waals surface area (Å²) in [6, 6.07) is 8.97. The maximum absolute atomic E-state index is 13.0. The van der Waals surface area contributed by atoms with E-state index in [1.165, 1.54) is 88.5 Å². The van der Waals surface area contributed by atoms with Crippen molar-refractivity contribution in [1.29, 1.82) is 0 Å². The number of carbonyl (C=O) groups excluding carboxylic acids is 2. The lowest BCUT2D eigenvalue weighted by molar-refractivity contribution is -0.145. The predicted octanol–water partition coefficient (Wildman–Crippen LogP) is 7.48. The van der Waals surface area contributed by atoms with E-state index in [-0.39, 0.29) is 17.0 Å². The number of sulfonamides is 1. The number of aliphatic carboxylic acids is 1. The number of amides is 2. The minimum Gasteiger partial charge on any atom is -0.479 e. The van der Waals surface area contributed by atoms with Crippen molar-refractivity contribution in [2.45, 2.75) is 128 Å². The first-order valence-electron chi connectivity index (χ1n) is 16.1. The van der Waals surface area contributed by atoms with E-state index in [0.29, 0.717) is 12.1 Å². The summed E-state index contributed by atoms with van der Waals surface area (Å²) in [4.78, 5) is 36.8. The molecule has 2 rings (SSSR count). The molecule has 2 aromatic rings. The average molecular weight is 630 g/mol. The summed E-state index contributed by atoms with van der Waals surface area (Å²) in [5.41, 5.74) is 2.24. The van der Waals surface area contributed by atoms with Crippen molar-refractivity contribution in [2.75, 3.05) is 10.0 Å². The first-order chi connectivity index (χ1) is 21.0. The third-order valence-electron chi connectivity index (χ3n) is 7.83. The Morgan fingerprint density at radius 2 is 1.32 bits per heavy atom. The molecule has 0 heterocycles. The van der Waals surface area contributed by atoms with Crippen LogP contribution in [0.4, 0.5) is 11.4 Å². The van der Waals surface area contributed by atoms with Gasteiger partial charge in [0.15, 0.2) is 0 Å². The van der Waals surface area contributed by atoms with E-state index in [9.17, 15) is 27.9 Å². The van der Waals surface area contributed by atoms with Crippen LogP contribution < -0.4 is 15.4 Å². The summed E-state index contributed by atoms with van der Waals surface area (Å²) >= 11 is 0. The highest BCUT2D eigenvalue weighted by molar-refractivity contribution is 7.92. The van der Waals surface area contributed by atoms with Crippen molar-refractivity contribution in [3.8, 4) is 0 Å². The van der Waals surface area contributed by atoms with E-state index in [1.54, 1.807) is 12.1 Å². The van der Waals surface area contributed by atoms with Gasteiger partial charge in [-0.25, -0.2) is 13.2 Å². The van der Waals surface area contributed by atoms with Gasteiger partial charge in [-0.05, 0) is 55.7 Å². The zero-order valence-electron chi connectivity index (χ0n) is 26.6. The van der Waals surface area contributed by atoms with Crippen LogP contribution in [0.3, 0.4) is 0 Å². The normalized spacial score (nSPS) is 12.0. The Labute approximate surface area is 263 Å². The van der Waals surface area contributed by atoms with Crippen LogP contribution in [0.15, 0.2) is 47.4 Å². The van der Waals surface area contributed by atoms with Gasteiger partial charge in [-0.3, -0.25) is 14.3 Å². The molecule has 2 amide bonds. The Bertz CT molecular complexity index is 1310. The Balaban J connectivity index is 1.74. The van der Waals surface area contributed by atoms with E-state index in [0.717, 1.165) is 30.4 Å². The van der Waals surface area contributed by atoms with Gasteiger partial charge < -0.3 is 15.7 Å². The Hall–Kier alpha value is -3.40. The van der Waals surface area contributed by atoms with Crippen LogP contribution >= 0.6 is 0 Å². The average Bonchev–Trinajstić information content (AvgIpc) is 2.98. The van der Waals surface area contributed by atoms with Crippen molar-refractivity contribution in [3.63, 3.8) is 0 Å². The number of rotatable bonds is 22. The molecule has 44 heavy (non-hydrogen) atoms. The number of unbranched alkanes of at least 4 members (excludes halogenated alkanes) is 13. The molecule has 2 aromatic carbocycles. The van der Waals surface area contributed by atoms with Crippen LogP contribution in [-0.4, -0.2) is 37.3 Å². The van der Waals surface area contributed by atoms with Crippen LogP contribution in [0.5, 0.6) is 0 Å². The van der Waals surface area contributed by atoms with Gasteiger partial charge in [-0.2, -0.15) is 0 Å². The number of benzene rings is 2. The van der Waals surface area contributed by atoms with Crippen LogP contribution in [-0.2, 0) is 24.4 Å². The van der Waals surface area contributed by atoms with Gasteiger partial charge in [0.05, 0.1) is 10.6 Å². The van der Waals surface area contributed by atoms with E-state index >= 15 is 0 Å². The predicted molar refractivity (Wildman–Crippen MR) is 176 cm³/mol. The van der Waals surface area contributed by atoms with Crippen LogP contribution in [0.1, 0.15) is 114 Å². The second kappa shape index (κ2) is 19.8. The summed E-state index contributed by atoms with van der Waals surface area (Å²) in [6.07, 6.45) is 16.8. The maximum atomic E-state index is 13.0. The Morgan fingerprint density at radius 3 is 1.89 bits per heavy atom. The number of nitrogens with one attached hydrogen (secondary N) is 3. The number of hydrogen-bond acceptors (Lipinski definition) is 5. The molecular weight excluding hydrogens is 578 g/mol. The van der Waals surface area contributed by atoms with Gasteiger partial charge in [0, 0.05) is 12.1 Å². The SMILES string of the molecule is CCCCCCCCCCCCCCCCC(=O)N[C@H](C(=O)O)C(=O)Nc1cccc(S(=O)(=O)Nc2cccc(C)c2C)c1. The zero-order chi connectivity index (χ0) is 32.4. The van der Waals surface area contributed by atoms with Crippen LogP contribution in [0.2, 0.25) is 0 Å². The number of carbonyl (C=O) groups is 3. The van der Waals surface area contributed by atoms with Crippen LogP contribution in [0.25, 0.3) is 0 Å². The van der Waals surface area contributed by atoms with Crippen molar-refractivity contribution in [2.24, 2.45) is 0 Å². The van der Waals surface area contributed by atoms with Crippen molar-refractivity contribution >= 4 is 39.2 Å². The molecule has 244 valence electrons. The molecule has 9 nitrogen and oxygen atoms in total. The number of hydrogen-bond donors (Lipinski definition) is 4. The molecular formula is C34H51N3O6S. The molecule has 4 N–H and O–H groups in total. The molecule has 0 fully saturated rings. The third-order valence-corrected chi connectivity index (χ3v) is 9.20. The first kappa shape index (κ1) is 36.8. The van der Waals surface area contributed by atoms with E-state index in [2.05, 4.69) is 22.3 Å². The second-order valence-corrected chi connectivity index (χ2v) is 13.2. The molecule has 0 bridgehead atoms. The summed E-state index contributed by atoms with van der Waals surface area (Å²) in [5, 5.41) is 14.3. The highest BCUT2D eigenvalue weighted by Crippen LogP contribution is 2.23. The largest absolute Gasteiger partial charge is 0.479 e. The molecule has 0 saturated carbocycles. The van der Waals surface area contributed by atoms with Gasteiger partial charge >= 0.3 is 5.97 Å². The lowest BCUT2D eigenvalue weighted by atomic mass is 10.0. The molecule has 10 heteroatoms. The third kappa shape index (κ3) is 13.5. The van der Waals surface area contributed by atoms with Crippen molar-refractivity contribution in [3.05, 3.63) is 53.6 Å². The monoisotopic (exact) mass is 629 g/mol. The summed E-state index contributed by atoms with van der Waals surface area (Å²) in [6.45, 7) is 5.92. The van der Waals surface area contributed by atoms with E-state index < -0.39 is 33.8 Å². The molecule has 1 atom stereocenters. The molecule has 0 radical (unpaired) electrons. The lowest BCUT2D eigenvalue weighted by Crippen LogP contribution is -2.49. The molecule has 0 aromatic heterocycles. The van der Waals surface area contributed by atoms with Crippen molar-refractivity contribution in [1.82, 2.24) is 5.32 Å². The standard InChI is InChI=1S/C34H51N3O6S/c1-4-5-6-7-8-9-10-11-12-13-14-15-16-17-24-31(38)36-32(34(40)41)33(39)35-28-21-19-22-29(25-28)44(42,43)37-30-23-18-20-26(2)27(30)3/h18-23,25,32,37H,4-17,24H2,1-3H3,(H,35,39)(H,36,38)(H,40,41)/t32-/m0/s1. The molecule has 0 aliphatic rings. The second-order valence-electron chi connectivity index (χ2n) is 11.6. The minimum absolute atomic E-state index is 0.0892. The highest BCUT2D eigenvalue weighted by Gasteiger charge is 2.28. The van der Waals surface area contributed by atoms with E-state index in [4.69, 9.17) is 0 Å². The zero-order valence-corrected chi connectivity index (χ0v) is 27.4. The first-order valence-corrected chi connectivity index (χ1v) is 17.6. The molecule has 0 saturated heterocycles. The smallest absolute Gasteiger partial charge is 0.336 e. The Kier molecular flexibility index (Phi) is 16.5. The number of aryl methyl sites for hydroxylation is 1. The van der Waals surface area contributed by atoms with Crippen molar-refractivity contribution < 1.29 is 27.9 Å². The molecule has 0 aliphatic carbocycles. The maximum Gasteiger partial charge on any atom is 0.336 e. The molecule has 0 unspecified atom stereocenters. The molecule has 0 aliphatic heterocycles. The fourth-order valence-electron chi connectivity index (χ4n) is 4.97. The fraction of sp³-hybridized carbons (Fsp3) is 0.559. The highest BCUT2D eigenvalue weighted by atomic mass is 32.2. The summed E-state index contributed by atoms with van der Waals surface area (Å²) in [7, 11) is -3.98. The van der Waals surface area contributed by atoms with E-state index in [1.807, 2.05) is 19.9 Å². The Morgan fingerprint density at radius 1 is 0.773 bits per heavy atom. The summed E-state index contributed by atoms with van der Waals surface area (Å²) < 4.78 is 28.5. The van der Waals surface area contributed by atoms with Gasteiger partial charge in [-0.15, -0.1) is 0 Å². The van der Waals surface area contributed by atoms with Gasteiger partial charge in [-0.1, -0.05) is 109 Å². The van der Waals surface area contributed by atoms with Gasteiger partial charge in [0.2, 0.25) is 11.9 Å². The summed E-state index contributed by atoms with van der Waals surface area (Å²) in [5.74, 6) is -2.98. The number of carboxylic acids is 1. The number of anilines is 2. The van der Waals surface area contributed by atoms with Gasteiger partial charge in [0.25, 0.3) is 15.9 Å². The van der Waals surface area contributed by atoms with Gasteiger partial charge in [0.1, 0.15) is 0 Å². The topological polar surface area (TPSA) is 142 Å². The fourth-order valence-corrected chi connectivity index (χ4v) is 6.14. The number of carboxylic acid groups (broad SMARTS) is 1. The quantitative estimate of drug-likeness (QED) is 0.0786. The molecule has 0 spiro atoms. The van der Waals surface area contributed by atoms with Crippen LogP contribution in [0, 0.1) is 13.8 Å². The lowest BCUT2D eigenvalue weighted by Gasteiger charge is -2.16.